The highest BCUT2D eigenvalue weighted by molar-refractivity contribution is 5.74. The Bertz CT molecular complexity index is 257. The molecule has 2 amide bonds. The van der Waals surface area contributed by atoms with Crippen LogP contribution in [0, 0.1) is 0 Å². The number of ether oxygens (including phenoxy) is 1. The zero-order valence-electron chi connectivity index (χ0n) is 9.36. The van der Waals surface area contributed by atoms with E-state index in [1.165, 1.54) is 0 Å². The van der Waals surface area contributed by atoms with Crippen LogP contribution in [0.5, 0.6) is 0 Å². The van der Waals surface area contributed by atoms with Crippen LogP contribution in [0.15, 0.2) is 0 Å². The fourth-order valence-electron chi connectivity index (χ4n) is 1.58. The third-order valence-corrected chi connectivity index (χ3v) is 2.55. The Kier molecular flexibility index (Phi) is 5.04. The molecule has 0 aromatic carbocycles. The summed E-state index contributed by atoms with van der Waals surface area (Å²) < 4.78 is 5.30. The maximum atomic E-state index is 11.4. The quantitative estimate of drug-likeness (QED) is 0.594. The van der Waals surface area contributed by atoms with Crippen LogP contribution in [0.1, 0.15) is 26.2 Å². The van der Waals surface area contributed by atoms with Crippen LogP contribution in [-0.4, -0.2) is 42.4 Å². The van der Waals surface area contributed by atoms with Crippen molar-refractivity contribution in [2.75, 3.05) is 13.2 Å². The van der Waals surface area contributed by atoms with Gasteiger partial charge in [0, 0.05) is 19.6 Å². The second-order valence-electron chi connectivity index (χ2n) is 3.87. The number of carbonyl (C=O) groups excluding carboxylic acids is 1. The van der Waals surface area contributed by atoms with Crippen molar-refractivity contribution >= 4 is 12.0 Å². The normalized spacial score (nSPS) is 24.1. The van der Waals surface area contributed by atoms with E-state index in [1.54, 1.807) is 0 Å². The number of carboxylic acid groups (broad SMARTS) is 1. The van der Waals surface area contributed by atoms with Crippen molar-refractivity contribution in [3.63, 3.8) is 0 Å². The van der Waals surface area contributed by atoms with Crippen molar-refractivity contribution in [3.05, 3.63) is 0 Å². The Balaban J connectivity index is 2.08. The van der Waals surface area contributed by atoms with Gasteiger partial charge in [0.05, 0.1) is 12.1 Å². The Labute approximate surface area is 94.3 Å². The average molecular weight is 230 g/mol. The lowest BCUT2D eigenvalue weighted by Gasteiger charge is -2.16. The van der Waals surface area contributed by atoms with E-state index in [0.29, 0.717) is 19.6 Å². The van der Waals surface area contributed by atoms with E-state index >= 15 is 0 Å². The number of hydrogen-bond donors (Lipinski definition) is 3. The molecule has 0 aromatic heterocycles. The van der Waals surface area contributed by atoms with Gasteiger partial charge < -0.3 is 20.5 Å². The van der Waals surface area contributed by atoms with Crippen molar-refractivity contribution in [3.8, 4) is 0 Å². The second kappa shape index (κ2) is 6.32. The lowest BCUT2D eigenvalue weighted by molar-refractivity contribution is -0.137. The fourth-order valence-corrected chi connectivity index (χ4v) is 1.58. The Morgan fingerprint density at radius 2 is 2.25 bits per heavy atom. The van der Waals surface area contributed by atoms with E-state index in [0.717, 1.165) is 6.42 Å². The number of hydrogen-bond acceptors (Lipinski definition) is 3. The summed E-state index contributed by atoms with van der Waals surface area (Å²) in [6.45, 7) is 2.97. The third-order valence-electron chi connectivity index (χ3n) is 2.55. The van der Waals surface area contributed by atoms with E-state index < -0.39 is 5.97 Å². The summed E-state index contributed by atoms with van der Waals surface area (Å²) in [5.74, 6) is -0.847. The molecule has 1 aliphatic heterocycles. The zero-order valence-corrected chi connectivity index (χ0v) is 9.36. The summed E-state index contributed by atoms with van der Waals surface area (Å²) in [5, 5.41) is 13.8. The topological polar surface area (TPSA) is 87.7 Å². The van der Waals surface area contributed by atoms with Crippen LogP contribution in [-0.2, 0) is 9.53 Å². The molecule has 0 aromatic rings. The molecule has 0 aliphatic carbocycles. The van der Waals surface area contributed by atoms with Crippen LogP contribution in [0.2, 0.25) is 0 Å². The molecule has 6 nitrogen and oxygen atoms in total. The Morgan fingerprint density at radius 3 is 2.81 bits per heavy atom. The first-order valence-corrected chi connectivity index (χ1v) is 5.47. The summed E-state index contributed by atoms with van der Waals surface area (Å²) in [6.07, 6.45) is 1.39. The van der Waals surface area contributed by atoms with E-state index in [1.807, 2.05) is 6.92 Å². The van der Waals surface area contributed by atoms with Gasteiger partial charge in [-0.05, 0) is 19.8 Å². The number of carbonyl (C=O) groups is 2. The number of amides is 2. The molecule has 0 spiro atoms. The highest BCUT2D eigenvalue weighted by atomic mass is 16.5. The lowest BCUT2D eigenvalue weighted by atomic mass is 10.2. The van der Waals surface area contributed by atoms with Gasteiger partial charge in [0.1, 0.15) is 0 Å². The maximum absolute atomic E-state index is 11.4. The molecule has 2 unspecified atom stereocenters. The van der Waals surface area contributed by atoms with Crippen molar-refractivity contribution in [1.29, 1.82) is 0 Å². The van der Waals surface area contributed by atoms with Gasteiger partial charge in [0.25, 0.3) is 0 Å². The van der Waals surface area contributed by atoms with Gasteiger partial charge in [-0.2, -0.15) is 0 Å². The zero-order chi connectivity index (χ0) is 12.0. The molecule has 1 saturated heterocycles. The molecule has 16 heavy (non-hydrogen) atoms. The summed E-state index contributed by atoms with van der Waals surface area (Å²) in [6, 6.07) is -0.202. The first kappa shape index (κ1) is 12.8. The van der Waals surface area contributed by atoms with Gasteiger partial charge >= 0.3 is 12.0 Å². The van der Waals surface area contributed by atoms with Crippen molar-refractivity contribution in [1.82, 2.24) is 10.6 Å². The monoisotopic (exact) mass is 230 g/mol. The average Bonchev–Trinajstić information content (AvgIpc) is 2.59. The standard InChI is InChI=1S/C10H18N2O4/c1-7-8(4-6-16-7)12-10(15)11-5-2-3-9(13)14/h7-8H,2-6H2,1H3,(H,13,14)(H2,11,12,15). The van der Waals surface area contributed by atoms with E-state index in [9.17, 15) is 9.59 Å². The number of urea groups is 1. The minimum atomic E-state index is -0.847. The van der Waals surface area contributed by atoms with Gasteiger partial charge in [0.15, 0.2) is 0 Å². The molecule has 92 valence electrons. The summed E-state index contributed by atoms with van der Waals surface area (Å²) in [5.41, 5.74) is 0. The van der Waals surface area contributed by atoms with Crippen LogP contribution in [0.3, 0.4) is 0 Å². The molecule has 1 fully saturated rings. The summed E-state index contributed by atoms with van der Waals surface area (Å²) >= 11 is 0. The maximum Gasteiger partial charge on any atom is 0.315 e. The minimum absolute atomic E-state index is 0.0461. The van der Waals surface area contributed by atoms with Crippen LogP contribution < -0.4 is 10.6 Å². The molecule has 1 rings (SSSR count). The second-order valence-corrected chi connectivity index (χ2v) is 3.87. The van der Waals surface area contributed by atoms with E-state index in [-0.39, 0.29) is 24.6 Å². The molecule has 0 saturated carbocycles. The first-order valence-electron chi connectivity index (χ1n) is 5.47. The Hall–Kier alpha value is -1.30. The molecule has 1 aliphatic rings. The first-order chi connectivity index (χ1) is 7.59. The number of aliphatic carboxylic acids is 1. The molecule has 3 N–H and O–H groups in total. The molecular formula is C10H18N2O4. The minimum Gasteiger partial charge on any atom is -0.481 e. The highest BCUT2D eigenvalue weighted by Crippen LogP contribution is 2.11. The Morgan fingerprint density at radius 1 is 1.50 bits per heavy atom. The SMILES string of the molecule is CC1OCCC1NC(=O)NCCCC(=O)O. The van der Waals surface area contributed by atoms with Crippen LogP contribution in [0.25, 0.3) is 0 Å². The largest absolute Gasteiger partial charge is 0.481 e. The molecule has 0 bridgehead atoms. The molecule has 0 radical (unpaired) electrons. The molecule has 6 heteroatoms. The van der Waals surface area contributed by atoms with Gasteiger partial charge in [-0.1, -0.05) is 0 Å². The van der Waals surface area contributed by atoms with Crippen molar-refractivity contribution < 1.29 is 19.4 Å². The summed E-state index contributed by atoms with van der Waals surface area (Å²) in [4.78, 5) is 21.6. The molecule has 2 atom stereocenters. The van der Waals surface area contributed by atoms with Gasteiger partial charge in [0.2, 0.25) is 0 Å². The third kappa shape index (κ3) is 4.48. The predicted molar refractivity (Wildman–Crippen MR) is 57.2 cm³/mol. The smallest absolute Gasteiger partial charge is 0.315 e. The van der Waals surface area contributed by atoms with Crippen molar-refractivity contribution in [2.24, 2.45) is 0 Å². The number of nitrogens with one attached hydrogen (secondary N) is 2. The molecule has 1 heterocycles. The van der Waals surface area contributed by atoms with Gasteiger partial charge in [-0.15, -0.1) is 0 Å². The van der Waals surface area contributed by atoms with Crippen molar-refractivity contribution in [2.45, 2.75) is 38.3 Å². The van der Waals surface area contributed by atoms with Crippen LogP contribution in [0.4, 0.5) is 4.79 Å². The highest BCUT2D eigenvalue weighted by Gasteiger charge is 2.25. The molecular weight excluding hydrogens is 212 g/mol. The fraction of sp³-hybridized carbons (Fsp3) is 0.800. The van der Waals surface area contributed by atoms with Crippen LogP contribution >= 0.6 is 0 Å². The summed E-state index contributed by atoms with van der Waals surface area (Å²) in [7, 11) is 0. The van der Waals surface area contributed by atoms with E-state index in [4.69, 9.17) is 9.84 Å². The van der Waals surface area contributed by atoms with Gasteiger partial charge in [-0.3, -0.25) is 4.79 Å². The lowest BCUT2D eigenvalue weighted by Crippen LogP contribution is -2.45. The number of rotatable bonds is 5. The number of carboxylic acids is 1. The van der Waals surface area contributed by atoms with Gasteiger partial charge in [-0.25, -0.2) is 4.79 Å². The predicted octanol–water partition coefficient (Wildman–Crippen LogP) is 0.328. The van der Waals surface area contributed by atoms with E-state index in [2.05, 4.69) is 10.6 Å².